The molecule has 0 amide bonds. The number of halogens is 1. The van der Waals surface area contributed by atoms with E-state index in [0.717, 1.165) is 35.7 Å². The molecule has 0 spiro atoms. The Kier molecular flexibility index (Phi) is 4.24. The number of hydrogen-bond acceptors (Lipinski definition) is 2. The van der Waals surface area contributed by atoms with Gasteiger partial charge in [0.25, 0.3) is 0 Å². The average Bonchev–Trinajstić information content (AvgIpc) is 2.31. The zero-order valence-corrected chi connectivity index (χ0v) is 11.2. The van der Waals surface area contributed by atoms with Gasteiger partial charge in [-0.25, -0.2) is 0 Å². The molecule has 0 bridgehead atoms. The molecule has 3 heteroatoms. The number of ether oxygens (including phenoxy) is 1. The number of rotatable bonds is 3. The van der Waals surface area contributed by atoms with Crippen molar-refractivity contribution in [2.24, 2.45) is 5.92 Å². The maximum atomic E-state index is 5.46. The summed E-state index contributed by atoms with van der Waals surface area (Å²) in [6, 6.07) is 6.29. The van der Waals surface area contributed by atoms with Crippen LogP contribution in [0, 0.1) is 5.92 Å². The van der Waals surface area contributed by atoms with Gasteiger partial charge in [0.15, 0.2) is 0 Å². The third-order valence-corrected chi connectivity index (χ3v) is 3.84. The maximum Gasteiger partial charge on any atom is 0.136 e. The van der Waals surface area contributed by atoms with Crippen molar-refractivity contribution in [2.75, 3.05) is 20.2 Å². The largest absolute Gasteiger partial charge is 0.495 e. The Labute approximate surface area is 106 Å². The summed E-state index contributed by atoms with van der Waals surface area (Å²) in [5.41, 5.74) is 1.32. The van der Waals surface area contributed by atoms with E-state index in [1.807, 2.05) is 6.07 Å². The van der Waals surface area contributed by atoms with Crippen LogP contribution in [-0.2, 0) is 6.42 Å². The predicted octanol–water partition coefficient (Wildman–Crippen LogP) is 3.00. The number of para-hydroxylation sites is 1. The van der Waals surface area contributed by atoms with Gasteiger partial charge in [0.05, 0.1) is 11.6 Å². The van der Waals surface area contributed by atoms with Crippen molar-refractivity contribution < 1.29 is 4.74 Å². The quantitative estimate of drug-likeness (QED) is 0.921. The molecule has 1 heterocycles. The number of hydrogen-bond donors (Lipinski definition) is 1. The Hall–Kier alpha value is -0.540. The molecule has 2 nitrogen and oxygen atoms in total. The van der Waals surface area contributed by atoms with Gasteiger partial charge in [0.2, 0.25) is 0 Å². The molecule has 1 fully saturated rings. The zero-order chi connectivity index (χ0) is 11.4. The lowest BCUT2D eigenvalue weighted by atomic mass is 9.91. The molecule has 1 N–H and O–H groups in total. The van der Waals surface area contributed by atoms with Crippen LogP contribution in [0.15, 0.2) is 22.7 Å². The SMILES string of the molecule is COc1c(Br)cccc1CC1CCNCC1. The normalized spacial score (nSPS) is 17.4. The molecule has 0 saturated carbocycles. The molecule has 0 aliphatic carbocycles. The molecular weight excluding hydrogens is 266 g/mol. The molecular formula is C13H18BrNO. The lowest BCUT2D eigenvalue weighted by Gasteiger charge is -2.23. The second-order valence-electron chi connectivity index (χ2n) is 4.33. The van der Waals surface area contributed by atoms with Crippen LogP contribution in [0.25, 0.3) is 0 Å². The van der Waals surface area contributed by atoms with Crippen molar-refractivity contribution in [1.29, 1.82) is 0 Å². The van der Waals surface area contributed by atoms with Crippen LogP contribution in [0.2, 0.25) is 0 Å². The van der Waals surface area contributed by atoms with Crippen molar-refractivity contribution >= 4 is 15.9 Å². The molecule has 88 valence electrons. The molecule has 2 rings (SSSR count). The van der Waals surface area contributed by atoms with E-state index in [1.165, 1.54) is 18.4 Å². The van der Waals surface area contributed by atoms with Crippen LogP contribution in [0.1, 0.15) is 18.4 Å². The second-order valence-corrected chi connectivity index (χ2v) is 5.18. The Balaban J connectivity index is 2.10. The zero-order valence-electron chi connectivity index (χ0n) is 9.63. The topological polar surface area (TPSA) is 21.3 Å². The molecule has 0 atom stereocenters. The molecule has 1 aromatic rings. The molecule has 0 radical (unpaired) electrons. The van der Waals surface area contributed by atoms with Crippen LogP contribution in [0.5, 0.6) is 5.75 Å². The lowest BCUT2D eigenvalue weighted by Crippen LogP contribution is -2.28. The highest BCUT2D eigenvalue weighted by molar-refractivity contribution is 9.10. The van der Waals surface area contributed by atoms with Gasteiger partial charge in [-0.15, -0.1) is 0 Å². The minimum Gasteiger partial charge on any atom is -0.495 e. The molecule has 1 aromatic carbocycles. The first kappa shape index (κ1) is 11.9. The summed E-state index contributed by atoms with van der Waals surface area (Å²) in [6.07, 6.45) is 3.68. The van der Waals surface area contributed by atoms with E-state index in [1.54, 1.807) is 7.11 Å². The van der Waals surface area contributed by atoms with Crippen LogP contribution in [0.4, 0.5) is 0 Å². The van der Waals surface area contributed by atoms with Crippen molar-refractivity contribution in [2.45, 2.75) is 19.3 Å². The van der Waals surface area contributed by atoms with Crippen LogP contribution in [0.3, 0.4) is 0 Å². The van der Waals surface area contributed by atoms with E-state index in [4.69, 9.17) is 4.74 Å². The number of benzene rings is 1. The van der Waals surface area contributed by atoms with Crippen LogP contribution >= 0.6 is 15.9 Å². The van der Waals surface area contributed by atoms with Gasteiger partial charge < -0.3 is 10.1 Å². The molecule has 1 saturated heterocycles. The van der Waals surface area contributed by atoms with Gasteiger partial charge in [0.1, 0.15) is 5.75 Å². The van der Waals surface area contributed by atoms with Crippen molar-refractivity contribution in [1.82, 2.24) is 5.32 Å². The number of methoxy groups -OCH3 is 1. The standard InChI is InChI=1S/C13H18BrNO/c1-16-13-11(3-2-4-12(13)14)9-10-5-7-15-8-6-10/h2-4,10,15H,5-9H2,1H3. The fraction of sp³-hybridized carbons (Fsp3) is 0.538. The summed E-state index contributed by atoms with van der Waals surface area (Å²) in [5.74, 6) is 1.80. The minimum atomic E-state index is 0.796. The highest BCUT2D eigenvalue weighted by atomic mass is 79.9. The fourth-order valence-electron chi connectivity index (χ4n) is 2.34. The smallest absolute Gasteiger partial charge is 0.136 e. The van der Waals surface area contributed by atoms with Gasteiger partial charge in [-0.2, -0.15) is 0 Å². The molecule has 0 aromatic heterocycles. The maximum absolute atomic E-state index is 5.46. The van der Waals surface area contributed by atoms with Crippen LogP contribution in [-0.4, -0.2) is 20.2 Å². The second kappa shape index (κ2) is 5.69. The Morgan fingerprint density at radius 1 is 1.38 bits per heavy atom. The third-order valence-electron chi connectivity index (χ3n) is 3.22. The van der Waals surface area contributed by atoms with Gasteiger partial charge in [-0.1, -0.05) is 12.1 Å². The third kappa shape index (κ3) is 2.77. The van der Waals surface area contributed by atoms with Crippen LogP contribution < -0.4 is 10.1 Å². The number of piperidine rings is 1. The Morgan fingerprint density at radius 2 is 2.12 bits per heavy atom. The lowest BCUT2D eigenvalue weighted by molar-refractivity contribution is 0.360. The summed E-state index contributed by atoms with van der Waals surface area (Å²) >= 11 is 3.53. The fourth-order valence-corrected chi connectivity index (χ4v) is 2.91. The minimum absolute atomic E-state index is 0.796. The van der Waals surface area contributed by atoms with E-state index in [9.17, 15) is 0 Å². The first-order valence-corrected chi connectivity index (χ1v) is 6.62. The molecule has 16 heavy (non-hydrogen) atoms. The Bertz CT molecular complexity index is 348. The van der Waals surface area contributed by atoms with E-state index < -0.39 is 0 Å². The molecule has 1 aliphatic heterocycles. The highest BCUT2D eigenvalue weighted by Gasteiger charge is 2.16. The Morgan fingerprint density at radius 3 is 2.81 bits per heavy atom. The molecule has 0 unspecified atom stereocenters. The van der Waals surface area contributed by atoms with Gasteiger partial charge in [-0.3, -0.25) is 0 Å². The van der Waals surface area contributed by atoms with Crippen molar-refractivity contribution in [3.8, 4) is 5.75 Å². The van der Waals surface area contributed by atoms with Crippen molar-refractivity contribution in [3.05, 3.63) is 28.2 Å². The van der Waals surface area contributed by atoms with Gasteiger partial charge >= 0.3 is 0 Å². The summed E-state index contributed by atoms with van der Waals surface area (Å²) in [7, 11) is 1.74. The summed E-state index contributed by atoms with van der Waals surface area (Å²) < 4.78 is 6.51. The molecule has 1 aliphatic rings. The monoisotopic (exact) mass is 283 g/mol. The first-order chi connectivity index (χ1) is 7.81. The van der Waals surface area contributed by atoms with Crippen molar-refractivity contribution in [3.63, 3.8) is 0 Å². The van der Waals surface area contributed by atoms with Gasteiger partial charge in [0, 0.05) is 0 Å². The summed E-state index contributed by atoms with van der Waals surface area (Å²) in [5, 5.41) is 3.40. The highest BCUT2D eigenvalue weighted by Crippen LogP contribution is 2.31. The van der Waals surface area contributed by atoms with Gasteiger partial charge in [-0.05, 0) is 65.8 Å². The number of nitrogens with one attached hydrogen (secondary N) is 1. The summed E-state index contributed by atoms with van der Waals surface area (Å²) in [6.45, 7) is 2.31. The van der Waals surface area contributed by atoms with E-state index in [0.29, 0.717) is 0 Å². The van der Waals surface area contributed by atoms with E-state index in [-0.39, 0.29) is 0 Å². The van der Waals surface area contributed by atoms with E-state index in [2.05, 4.69) is 33.4 Å². The van der Waals surface area contributed by atoms with E-state index >= 15 is 0 Å². The summed E-state index contributed by atoms with van der Waals surface area (Å²) in [4.78, 5) is 0. The first-order valence-electron chi connectivity index (χ1n) is 5.83. The predicted molar refractivity (Wildman–Crippen MR) is 70.0 cm³/mol. The average molecular weight is 284 g/mol.